The Kier molecular flexibility index (Phi) is 7.43. The van der Waals surface area contributed by atoms with Gasteiger partial charge in [-0.25, -0.2) is 4.79 Å². The topological polar surface area (TPSA) is 67.1 Å². The van der Waals surface area contributed by atoms with Crippen molar-refractivity contribution in [3.05, 3.63) is 35.9 Å². The van der Waals surface area contributed by atoms with Crippen LogP contribution in [0.25, 0.3) is 21.9 Å². The number of hydrogen-bond acceptors (Lipinski definition) is 6. The molecule has 0 saturated carbocycles. The number of carbonyl (C=O) groups is 1. The van der Waals surface area contributed by atoms with E-state index in [2.05, 4.69) is 0 Å². The Morgan fingerprint density at radius 1 is 0.875 bits per heavy atom. The summed E-state index contributed by atoms with van der Waals surface area (Å²) in [4.78, 5) is 11.5. The number of benzene rings is 2. The van der Waals surface area contributed by atoms with E-state index in [4.69, 9.17) is 23.4 Å². The zero-order chi connectivity index (χ0) is 23.3. The summed E-state index contributed by atoms with van der Waals surface area (Å²) in [6, 6.07) is 6.31. The van der Waals surface area contributed by atoms with Crippen molar-refractivity contribution in [2.45, 2.75) is 52.6 Å². The van der Waals surface area contributed by atoms with E-state index >= 15 is 0 Å². The highest BCUT2D eigenvalue weighted by Crippen LogP contribution is 2.37. The van der Waals surface area contributed by atoms with E-state index in [-0.39, 0.29) is 35.9 Å². The standard InChI is InChI=1S/C24H28F2O6/c1-5-28-17-11-9-15-16-10-12-18(20(26)22(16)31-21(15)19(17)25)29-13-7-6-8-14-30-23(27)32-24(2,3)4/h9-12H,5-8,13-14H2,1-4H3. The van der Waals surface area contributed by atoms with Gasteiger partial charge in [0.2, 0.25) is 11.6 Å². The number of furan rings is 1. The van der Waals surface area contributed by atoms with Gasteiger partial charge in [0, 0.05) is 10.8 Å². The lowest BCUT2D eigenvalue weighted by Gasteiger charge is -2.18. The van der Waals surface area contributed by atoms with E-state index in [0.29, 0.717) is 30.2 Å². The smallest absolute Gasteiger partial charge is 0.491 e. The highest BCUT2D eigenvalue weighted by molar-refractivity contribution is 6.06. The Balaban J connectivity index is 1.54. The van der Waals surface area contributed by atoms with Crippen LogP contribution in [0.3, 0.4) is 0 Å². The quantitative estimate of drug-likeness (QED) is 0.265. The molecule has 1 aromatic heterocycles. The first-order valence-corrected chi connectivity index (χ1v) is 10.7. The Bertz CT molecular complexity index is 1080. The summed E-state index contributed by atoms with van der Waals surface area (Å²) >= 11 is 0. The zero-order valence-corrected chi connectivity index (χ0v) is 18.8. The third-order valence-electron chi connectivity index (χ3n) is 4.57. The molecule has 3 aromatic rings. The maximum atomic E-state index is 14.9. The third-order valence-corrected chi connectivity index (χ3v) is 4.57. The van der Waals surface area contributed by atoms with Gasteiger partial charge in [0.25, 0.3) is 0 Å². The molecule has 0 aliphatic rings. The fourth-order valence-corrected chi connectivity index (χ4v) is 3.18. The Labute approximate surface area is 185 Å². The summed E-state index contributed by atoms with van der Waals surface area (Å²) in [5.74, 6) is -1.24. The number of hydrogen-bond donors (Lipinski definition) is 0. The molecule has 0 fully saturated rings. The summed E-state index contributed by atoms with van der Waals surface area (Å²) in [6.45, 7) is 7.87. The summed E-state index contributed by atoms with van der Waals surface area (Å²) in [5.41, 5.74) is -0.699. The average Bonchev–Trinajstić information content (AvgIpc) is 3.10. The van der Waals surface area contributed by atoms with E-state index in [1.807, 2.05) is 0 Å². The SMILES string of the molecule is CCOc1ccc2c(oc3c(F)c(OCCCCCOC(=O)OC(C)(C)C)ccc32)c1F. The van der Waals surface area contributed by atoms with Gasteiger partial charge in [0.15, 0.2) is 22.7 Å². The number of fused-ring (bicyclic) bond motifs is 3. The first kappa shape index (κ1) is 23.6. The summed E-state index contributed by atoms with van der Waals surface area (Å²) in [5, 5.41) is 0.933. The number of rotatable bonds is 9. The van der Waals surface area contributed by atoms with Gasteiger partial charge in [-0.2, -0.15) is 8.78 Å². The van der Waals surface area contributed by atoms with Gasteiger partial charge in [-0.15, -0.1) is 0 Å². The lowest BCUT2D eigenvalue weighted by atomic mass is 10.1. The lowest BCUT2D eigenvalue weighted by molar-refractivity contribution is -0.00774. The summed E-state index contributed by atoms with van der Waals surface area (Å²) in [6.07, 6.45) is 1.30. The van der Waals surface area contributed by atoms with Crippen LogP contribution < -0.4 is 9.47 Å². The van der Waals surface area contributed by atoms with E-state index < -0.39 is 23.4 Å². The molecular formula is C24H28F2O6. The van der Waals surface area contributed by atoms with Crippen molar-refractivity contribution in [3.8, 4) is 11.5 Å². The van der Waals surface area contributed by atoms with Gasteiger partial charge in [-0.05, 0) is 71.2 Å². The van der Waals surface area contributed by atoms with Crippen molar-refractivity contribution in [2.24, 2.45) is 0 Å². The molecule has 0 aliphatic carbocycles. The van der Waals surface area contributed by atoms with Gasteiger partial charge in [0.1, 0.15) is 5.60 Å². The van der Waals surface area contributed by atoms with Crippen LogP contribution in [0.5, 0.6) is 11.5 Å². The van der Waals surface area contributed by atoms with E-state index in [1.54, 1.807) is 39.8 Å². The molecule has 3 rings (SSSR count). The summed E-state index contributed by atoms with van der Waals surface area (Å²) in [7, 11) is 0. The summed E-state index contributed by atoms with van der Waals surface area (Å²) < 4.78 is 55.8. The maximum Gasteiger partial charge on any atom is 0.508 e. The first-order valence-electron chi connectivity index (χ1n) is 10.7. The molecule has 0 unspecified atom stereocenters. The number of carbonyl (C=O) groups excluding carboxylic acids is 1. The van der Waals surface area contributed by atoms with E-state index in [1.165, 1.54) is 12.1 Å². The average molecular weight is 450 g/mol. The Morgan fingerprint density at radius 2 is 1.44 bits per heavy atom. The fraction of sp³-hybridized carbons (Fsp3) is 0.458. The van der Waals surface area contributed by atoms with Crippen molar-refractivity contribution in [1.82, 2.24) is 0 Å². The third kappa shape index (κ3) is 5.60. The molecule has 1 heterocycles. The van der Waals surface area contributed by atoms with Crippen LogP contribution in [0.2, 0.25) is 0 Å². The van der Waals surface area contributed by atoms with Crippen molar-refractivity contribution in [3.63, 3.8) is 0 Å². The molecule has 0 spiro atoms. The maximum absolute atomic E-state index is 14.9. The highest BCUT2D eigenvalue weighted by Gasteiger charge is 2.20. The molecule has 0 aliphatic heterocycles. The molecule has 32 heavy (non-hydrogen) atoms. The fourth-order valence-electron chi connectivity index (χ4n) is 3.18. The molecule has 0 amide bonds. The zero-order valence-electron chi connectivity index (χ0n) is 18.8. The molecule has 6 nitrogen and oxygen atoms in total. The molecule has 174 valence electrons. The van der Waals surface area contributed by atoms with Crippen molar-refractivity contribution < 1.29 is 36.9 Å². The number of ether oxygens (including phenoxy) is 4. The second-order valence-electron chi connectivity index (χ2n) is 8.27. The minimum absolute atomic E-state index is 0.0343. The van der Waals surface area contributed by atoms with Gasteiger partial charge in [-0.1, -0.05) is 0 Å². The number of unbranched alkanes of at least 4 members (excludes halogenated alkanes) is 2. The largest absolute Gasteiger partial charge is 0.508 e. The Morgan fingerprint density at radius 3 is 2.00 bits per heavy atom. The van der Waals surface area contributed by atoms with Crippen LogP contribution in [0.4, 0.5) is 13.6 Å². The first-order chi connectivity index (χ1) is 15.2. The molecule has 0 bridgehead atoms. The highest BCUT2D eigenvalue weighted by atomic mass is 19.1. The predicted molar refractivity (Wildman–Crippen MR) is 116 cm³/mol. The van der Waals surface area contributed by atoms with Crippen LogP contribution in [0, 0.1) is 11.6 Å². The van der Waals surface area contributed by atoms with E-state index in [9.17, 15) is 13.6 Å². The van der Waals surface area contributed by atoms with Crippen LogP contribution in [-0.4, -0.2) is 31.6 Å². The van der Waals surface area contributed by atoms with Crippen LogP contribution in [0.15, 0.2) is 28.7 Å². The van der Waals surface area contributed by atoms with Crippen molar-refractivity contribution in [1.29, 1.82) is 0 Å². The monoisotopic (exact) mass is 450 g/mol. The van der Waals surface area contributed by atoms with Gasteiger partial charge in [0.05, 0.1) is 19.8 Å². The van der Waals surface area contributed by atoms with Crippen LogP contribution >= 0.6 is 0 Å². The molecule has 2 aromatic carbocycles. The molecule has 0 radical (unpaired) electrons. The second kappa shape index (κ2) is 10.1. The molecular weight excluding hydrogens is 422 g/mol. The molecule has 8 heteroatoms. The van der Waals surface area contributed by atoms with Crippen LogP contribution in [0.1, 0.15) is 47.0 Å². The molecule has 0 N–H and O–H groups in total. The van der Waals surface area contributed by atoms with Gasteiger partial charge < -0.3 is 23.4 Å². The lowest BCUT2D eigenvalue weighted by Crippen LogP contribution is -2.24. The second-order valence-corrected chi connectivity index (χ2v) is 8.27. The van der Waals surface area contributed by atoms with Crippen LogP contribution in [-0.2, 0) is 9.47 Å². The molecule has 0 saturated heterocycles. The normalized spacial score (nSPS) is 11.7. The van der Waals surface area contributed by atoms with E-state index in [0.717, 1.165) is 6.42 Å². The minimum atomic E-state index is -0.695. The van der Waals surface area contributed by atoms with Crippen molar-refractivity contribution in [2.75, 3.05) is 19.8 Å². The predicted octanol–water partition coefficient (Wildman–Crippen LogP) is 6.76. The molecule has 0 atom stereocenters. The van der Waals surface area contributed by atoms with Gasteiger partial charge in [-0.3, -0.25) is 0 Å². The minimum Gasteiger partial charge on any atom is -0.491 e. The Hall–Kier alpha value is -3.03. The van der Waals surface area contributed by atoms with Crippen molar-refractivity contribution >= 4 is 28.1 Å². The van der Waals surface area contributed by atoms with Gasteiger partial charge >= 0.3 is 6.16 Å². The number of halogens is 2.